The second kappa shape index (κ2) is 4.36. The Morgan fingerprint density at radius 3 is 2.31 bits per heavy atom. The van der Waals surface area contributed by atoms with Crippen LogP contribution >= 0.6 is 7.60 Å². The molecular formula is C8H13O4P-2. The molecular weight excluding hydrogens is 191 g/mol. The van der Waals surface area contributed by atoms with E-state index in [4.69, 9.17) is 0 Å². The highest BCUT2D eigenvalue weighted by Crippen LogP contribution is 2.30. The average Bonchev–Trinajstić information content (AvgIpc) is 2.34. The van der Waals surface area contributed by atoms with Gasteiger partial charge in [0, 0.05) is 12.6 Å². The summed E-state index contributed by atoms with van der Waals surface area (Å²) in [6.07, 6.45) is 3.69. The third-order valence-corrected chi connectivity index (χ3v) is 3.10. The lowest BCUT2D eigenvalue weighted by Crippen LogP contribution is -2.22. The first kappa shape index (κ1) is 10.9. The van der Waals surface area contributed by atoms with Crippen molar-refractivity contribution in [3.05, 3.63) is 0 Å². The van der Waals surface area contributed by atoms with Crippen molar-refractivity contribution in [1.29, 1.82) is 0 Å². The quantitative estimate of drug-likeness (QED) is 0.606. The molecule has 0 aliphatic heterocycles. The highest BCUT2D eigenvalue weighted by Gasteiger charge is 2.18. The van der Waals surface area contributed by atoms with Crippen LogP contribution in [-0.4, -0.2) is 11.9 Å². The van der Waals surface area contributed by atoms with Gasteiger partial charge in [0.1, 0.15) is 5.78 Å². The number of rotatable bonds is 4. The van der Waals surface area contributed by atoms with Gasteiger partial charge in [0.15, 0.2) is 0 Å². The Labute approximate surface area is 77.5 Å². The van der Waals surface area contributed by atoms with Crippen LogP contribution in [0.3, 0.4) is 0 Å². The van der Waals surface area contributed by atoms with Gasteiger partial charge in [0.2, 0.25) is 0 Å². The molecule has 1 saturated carbocycles. The number of hydrogen-bond donors (Lipinski definition) is 0. The maximum atomic E-state index is 11.0. The van der Waals surface area contributed by atoms with E-state index in [1.54, 1.807) is 0 Å². The summed E-state index contributed by atoms with van der Waals surface area (Å²) in [5, 5.41) is 0. The van der Waals surface area contributed by atoms with Gasteiger partial charge in [-0.1, -0.05) is 33.3 Å². The van der Waals surface area contributed by atoms with Crippen molar-refractivity contribution in [2.24, 2.45) is 5.92 Å². The first-order valence-corrected chi connectivity index (χ1v) is 6.23. The summed E-state index contributed by atoms with van der Waals surface area (Å²) >= 11 is 0. The van der Waals surface area contributed by atoms with Gasteiger partial charge in [-0.2, -0.15) is 0 Å². The second-order valence-electron chi connectivity index (χ2n) is 3.66. The molecule has 1 fully saturated rings. The molecule has 0 spiro atoms. The summed E-state index contributed by atoms with van der Waals surface area (Å²) < 4.78 is 10.3. The largest absolute Gasteiger partial charge is 0.810 e. The maximum absolute atomic E-state index is 11.0. The summed E-state index contributed by atoms with van der Waals surface area (Å²) in [6, 6.07) is 0. The summed E-state index contributed by atoms with van der Waals surface area (Å²) in [5.41, 5.74) is 0. The maximum Gasteiger partial charge on any atom is 0.138 e. The zero-order valence-corrected chi connectivity index (χ0v) is 8.29. The Kier molecular flexibility index (Phi) is 3.65. The Morgan fingerprint density at radius 2 is 1.85 bits per heavy atom. The average molecular weight is 204 g/mol. The molecule has 0 aromatic carbocycles. The molecule has 0 heterocycles. The van der Waals surface area contributed by atoms with Gasteiger partial charge in [-0.3, -0.25) is 4.79 Å². The van der Waals surface area contributed by atoms with Crippen molar-refractivity contribution in [3.8, 4) is 0 Å². The van der Waals surface area contributed by atoms with E-state index >= 15 is 0 Å². The van der Waals surface area contributed by atoms with Crippen LogP contribution in [0.25, 0.3) is 0 Å². The molecule has 0 amide bonds. The van der Waals surface area contributed by atoms with Crippen LogP contribution in [0.2, 0.25) is 0 Å². The number of carbonyl (C=O) groups is 1. The SMILES string of the molecule is O=C(CC1CCCC1)CP(=O)([O-])[O-]. The molecule has 13 heavy (non-hydrogen) atoms. The van der Waals surface area contributed by atoms with Crippen LogP contribution in [0.1, 0.15) is 32.1 Å². The van der Waals surface area contributed by atoms with Crippen molar-refractivity contribution in [2.75, 3.05) is 6.16 Å². The summed E-state index contributed by atoms with van der Waals surface area (Å²) in [6.45, 7) is 0. The zero-order valence-electron chi connectivity index (χ0n) is 7.40. The predicted molar refractivity (Wildman–Crippen MR) is 44.1 cm³/mol. The van der Waals surface area contributed by atoms with Crippen molar-refractivity contribution >= 4 is 13.4 Å². The van der Waals surface area contributed by atoms with Crippen LogP contribution in [0.15, 0.2) is 0 Å². The molecule has 0 radical (unpaired) electrons. The van der Waals surface area contributed by atoms with Gasteiger partial charge in [-0.05, 0) is 5.92 Å². The fraction of sp³-hybridized carbons (Fsp3) is 0.875. The number of carbonyl (C=O) groups excluding carboxylic acids is 1. The van der Waals surface area contributed by atoms with Crippen LogP contribution in [0.4, 0.5) is 0 Å². The second-order valence-corrected chi connectivity index (χ2v) is 5.20. The Balaban J connectivity index is 2.28. The molecule has 5 heteroatoms. The van der Waals surface area contributed by atoms with Crippen molar-refractivity contribution in [2.45, 2.75) is 32.1 Å². The highest BCUT2D eigenvalue weighted by atomic mass is 31.2. The third kappa shape index (κ3) is 4.55. The predicted octanol–water partition coefficient (Wildman–Crippen LogP) is 0.0495. The fourth-order valence-corrected chi connectivity index (χ4v) is 2.38. The van der Waals surface area contributed by atoms with Crippen molar-refractivity contribution < 1.29 is 19.1 Å². The molecule has 0 N–H and O–H groups in total. The number of ketones is 1. The van der Waals surface area contributed by atoms with Crippen molar-refractivity contribution in [3.63, 3.8) is 0 Å². The minimum atomic E-state index is -4.63. The molecule has 1 aliphatic rings. The van der Waals surface area contributed by atoms with E-state index in [1.807, 2.05) is 0 Å². The van der Waals surface area contributed by atoms with E-state index in [9.17, 15) is 19.1 Å². The molecule has 0 aromatic heterocycles. The van der Waals surface area contributed by atoms with Crippen molar-refractivity contribution in [1.82, 2.24) is 0 Å². The van der Waals surface area contributed by atoms with Crippen LogP contribution < -0.4 is 9.79 Å². The minimum absolute atomic E-state index is 0.272. The first-order valence-electron chi connectivity index (χ1n) is 4.50. The molecule has 0 unspecified atom stereocenters. The lowest BCUT2D eigenvalue weighted by Gasteiger charge is -2.28. The van der Waals surface area contributed by atoms with Gasteiger partial charge < -0.3 is 14.4 Å². The molecule has 1 aliphatic carbocycles. The molecule has 0 saturated heterocycles. The van der Waals surface area contributed by atoms with Gasteiger partial charge in [0.25, 0.3) is 0 Å². The van der Waals surface area contributed by atoms with Crippen LogP contribution in [-0.2, 0) is 9.36 Å². The normalized spacial score (nSPS) is 19.2. The summed E-state index contributed by atoms with van der Waals surface area (Å²) in [5.74, 6) is -0.0979. The number of Topliss-reactive ketones (excluding diaryl/α,β-unsaturated/α-hetero) is 1. The minimum Gasteiger partial charge on any atom is -0.810 e. The number of hydrogen-bond acceptors (Lipinski definition) is 4. The molecule has 0 aromatic rings. The van der Waals surface area contributed by atoms with Crippen LogP contribution in [0, 0.1) is 5.92 Å². The van der Waals surface area contributed by atoms with Gasteiger partial charge in [-0.25, -0.2) is 0 Å². The van der Waals surface area contributed by atoms with E-state index < -0.39 is 19.5 Å². The van der Waals surface area contributed by atoms with E-state index in [2.05, 4.69) is 0 Å². The van der Waals surface area contributed by atoms with Gasteiger partial charge in [-0.15, -0.1) is 0 Å². The molecule has 4 nitrogen and oxygen atoms in total. The van der Waals surface area contributed by atoms with Gasteiger partial charge in [0.05, 0.1) is 0 Å². The molecule has 0 atom stereocenters. The lowest BCUT2D eigenvalue weighted by atomic mass is 10.0. The zero-order chi connectivity index (χ0) is 9.90. The Morgan fingerprint density at radius 1 is 1.31 bits per heavy atom. The van der Waals surface area contributed by atoms with E-state index in [0.717, 1.165) is 25.7 Å². The topological polar surface area (TPSA) is 80.3 Å². The van der Waals surface area contributed by atoms with E-state index in [0.29, 0.717) is 5.92 Å². The molecule has 1 rings (SSSR count). The van der Waals surface area contributed by atoms with E-state index in [1.165, 1.54) is 0 Å². The smallest absolute Gasteiger partial charge is 0.138 e. The molecule has 76 valence electrons. The summed E-state index contributed by atoms with van der Waals surface area (Å²) in [4.78, 5) is 31.6. The molecule has 0 bridgehead atoms. The van der Waals surface area contributed by atoms with E-state index in [-0.39, 0.29) is 6.42 Å². The van der Waals surface area contributed by atoms with Gasteiger partial charge >= 0.3 is 0 Å². The Bertz CT molecular complexity index is 226. The highest BCUT2D eigenvalue weighted by molar-refractivity contribution is 7.49. The third-order valence-electron chi connectivity index (χ3n) is 2.36. The monoisotopic (exact) mass is 204 g/mol. The first-order chi connectivity index (χ1) is 5.97. The lowest BCUT2D eigenvalue weighted by molar-refractivity contribution is -0.312. The Hall–Kier alpha value is -0.180. The summed E-state index contributed by atoms with van der Waals surface area (Å²) in [7, 11) is -4.63. The standard InChI is InChI=1S/C8H15O4P/c9-8(6-13(10,11)12)5-7-3-1-2-4-7/h7H,1-6H2,(H2,10,11,12)/p-2. The van der Waals surface area contributed by atoms with Crippen LogP contribution in [0.5, 0.6) is 0 Å². The fourth-order valence-electron chi connectivity index (χ4n) is 1.82.